The summed E-state index contributed by atoms with van der Waals surface area (Å²) < 4.78 is 0. The zero-order valence-electron chi connectivity index (χ0n) is 11.2. The second kappa shape index (κ2) is 8.31. The van der Waals surface area contributed by atoms with Gasteiger partial charge in [-0.15, -0.1) is 0 Å². The lowest BCUT2D eigenvalue weighted by Crippen LogP contribution is -2.45. The predicted octanol–water partition coefficient (Wildman–Crippen LogP) is 0.819. The van der Waals surface area contributed by atoms with E-state index in [-0.39, 0.29) is 5.75 Å². The SMILES string of the molecule is O=C(O)CC(NC(=O)C(CS)Cc1ccccc1)C(=O)O. The monoisotopic (exact) mass is 311 g/mol. The third-order valence-corrected chi connectivity index (χ3v) is 3.35. The van der Waals surface area contributed by atoms with E-state index in [0.717, 1.165) is 5.56 Å². The molecule has 0 radical (unpaired) electrons. The van der Waals surface area contributed by atoms with Crippen LogP contribution < -0.4 is 5.32 Å². The number of nitrogens with one attached hydrogen (secondary N) is 1. The molecule has 0 aliphatic heterocycles. The van der Waals surface area contributed by atoms with Gasteiger partial charge in [0.1, 0.15) is 6.04 Å². The van der Waals surface area contributed by atoms with E-state index in [1.807, 2.05) is 30.3 Å². The van der Waals surface area contributed by atoms with Crippen LogP contribution in [-0.4, -0.2) is 39.9 Å². The van der Waals surface area contributed by atoms with Crippen molar-refractivity contribution in [1.82, 2.24) is 5.32 Å². The second-order valence-electron chi connectivity index (χ2n) is 4.57. The topological polar surface area (TPSA) is 104 Å². The maximum Gasteiger partial charge on any atom is 0.326 e. The summed E-state index contributed by atoms with van der Waals surface area (Å²) in [6.07, 6.45) is -0.249. The number of benzene rings is 1. The van der Waals surface area contributed by atoms with Gasteiger partial charge >= 0.3 is 11.9 Å². The van der Waals surface area contributed by atoms with Crippen LogP contribution in [0.25, 0.3) is 0 Å². The number of rotatable bonds is 8. The first kappa shape index (κ1) is 17.0. The first-order chi connectivity index (χ1) is 9.93. The Morgan fingerprint density at radius 3 is 2.24 bits per heavy atom. The van der Waals surface area contributed by atoms with E-state index in [0.29, 0.717) is 6.42 Å². The molecule has 1 aromatic carbocycles. The molecule has 7 heteroatoms. The molecule has 0 fully saturated rings. The average molecular weight is 311 g/mol. The first-order valence-corrected chi connectivity index (χ1v) is 6.97. The van der Waals surface area contributed by atoms with Crippen molar-refractivity contribution in [2.45, 2.75) is 18.9 Å². The predicted molar refractivity (Wildman–Crippen MR) is 79.3 cm³/mol. The van der Waals surface area contributed by atoms with Crippen LogP contribution in [0, 0.1) is 5.92 Å². The number of carboxylic acids is 2. The minimum atomic E-state index is -1.44. The summed E-state index contributed by atoms with van der Waals surface area (Å²) in [5.41, 5.74) is 0.928. The van der Waals surface area contributed by atoms with E-state index in [4.69, 9.17) is 10.2 Å². The fourth-order valence-electron chi connectivity index (χ4n) is 1.80. The average Bonchev–Trinajstić information content (AvgIpc) is 2.44. The van der Waals surface area contributed by atoms with Crippen molar-refractivity contribution in [1.29, 1.82) is 0 Å². The third-order valence-electron chi connectivity index (χ3n) is 2.91. The smallest absolute Gasteiger partial charge is 0.326 e. The van der Waals surface area contributed by atoms with Crippen molar-refractivity contribution in [2.75, 3.05) is 5.75 Å². The molecule has 6 nitrogen and oxygen atoms in total. The summed E-state index contributed by atoms with van der Waals surface area (Å²) in [5.74, 6) is -3.45. The molecule has 2 atom stereocenters. The van der Waals surface area contributed by atoms with Gasteiger partial charge in [0.05, 0.1) is 12.3 Å². The zero-order valence-corrected chi connectivity index (χ0v) is 12.1. The molecule has 0 heterocycles. The van der Waals surface area contributed by atoms with Crippen LogP contribution in [-0.2, 0) is 20.8 Å². The van der Waals surface area contributed by atoms with Gasteiger partial charge in [-0.1, -0.05) is 30.3 Å². The standard InChI is InChI=1S/C14H17NO5S/c16-12(17)7-11(14(19)20)15-13(18)10(8-21)6-9-4-2-1-3-5-9/h1-5,10-11,21H,6-8H2,(H,15,18)(H,16,17)(H,19,20). The zero-order chi connectivity index (χ0) is 15.8. The number of hydrogen-bond acceptors (Lipinski definition) is 4. The number of thiol groups is 1. The maximum atomic E-state index is 12.1. The molecule has 0 saturated heterocycles. The van der Waals surface area contributed by atoms with Gasteiger partial charge in [-0.05, 0) is 12.0 Å². The highest BCUT2D eigenvalue weighted by atomic mass is 32.1. The lowest BCUT2D eigenvalue weighted by Gasteiger charge is -2.18. The molecule has 2 unspecified atom stereocenters. The molecule has 0 saturated carbocycles. The number of carbonyl (C=O) groups is 3. The molecule has 0 aliphatic carbocycles. The molecule has 0 aliphatic rings. The van der Waals surface area contributed by atoms with Gasteiger partial charge in [-0.25, -0.2) is 4.79 Å². The Morgan fingerprint density at radius 1 is 1.14 bits per heavy atom. The Labute approximate surface area is 127 Å². The van der Waals surface area contributed by atoms with Crippen LogP contribution in [0.1, 0.15) is 12.0 Å². The quantitative estimate of drug-likeness (QED) is 0.532. The maximum absolute atomic E-state index is 12.1. The molecule has 1 amide bonds. The number of hydrogen-bond donors (Lipinski definition) is 4. The van der Waals surface area contributed by atoms with Crippen LogP contribution in [0.15, 0.2) is 30.3 Å². The van der Waals surface area contributed by atoms with Crippen molar-refractivity contribution >= 4 is 30.5 Å². The summed E-state index contributed by atoms with van der Waals surface area (Å²) in [5, 5.41) is 19.8. The van der Waals surface area contributed by atoms with E-state index in [2.05, 4.69) is 17.9 Å². The summed E-state index contributed by atoms with van der Waals surface area (Å²) in [6, 6.07) is 7.81. The van der Waals surface area contributed by atoms with Crippen molar-refractivity contribution in [3.63, 3.8) is 0 Å². The van der Waals surface area contributed by atoms with Gasteiger partial charge < -0.3 is 15.5 Å². The third kappa shape index (κ3) is 5.86. The minimum Gasteiger partial charge on any atom is -0.481 e. The Bertz CT molecular complexity index is 505. The van der Waals surface area contributed by atoms with E-state index >= 15 is 0 Å². The van der Waals surface area contributed by atoms with Gasteiger partial charge in [-0.3, -0.25) is 9.59 Å². The number of amides is 1. The van der Waals surface area contributed by atoms with E-state index in [1.54, 1.807) is 0 Å². The van der Waals surface area contributed by atoms with Crippen molar-refractivity contribution in [3.8, 4) is 0 Å². The molecule has 1 rings (SSSR count). The van der Waals surface area contributed by atoms with E-state index in [1.165, 1.54) is 0 Å². The minimum absolute atomic E-state index is 0.236. The van der Waals surface area contributed by atoms with Crippen molar-refractivity contribution < 1.29 is 24.6 Å². The number of carbonyl (C=O) groups excluding carboxylic acids is 1. The molecule has 1 aromatic rings. The van der Waals surface area contributed by atoms with Crippen LogP contribution in [0.4, 0.5) is 0 Å². The Hall–Kier alpha value is -2.02. The Kier molecular flexibility index (Phi) is 6.74. The van der Waals surface area contributed by atoms with Gasteiger partial charge in [0.15, 0.2) is 0 Å². The largest absolute Gasteiger partial charge is 0.481 e. The number of carboxylic acid groups (broad SMARTS) is 2. The highest BCUT2D eigenvalue weighted by molar-refractivity contribution is 7.80. The molecular formula is C14H17NO5S. The molecule has 0 aromatic heterocycles. The summed E-state index contributed by atoms with van der Waals surface area (Å²) in [6.45, 7) is 0. The summed E-state index contributed by atoms with van der Waals surface area (Å²) >= 11 is 4.10. The lowest BCUT2D eigenvalue weighted by molar-refractivity contribution is -0.147. The van der Waals surface area contributed by atoms with Crippen molar-refractivity contribution in [2.24, 2.45) is 5.92 Å². The Balaban J connectivity index is 2.69. The van der Waals surface area contributed by atoms with Gasteiger partial charge in [-0.2, -0.15) is 12.6 Å². The van der Waals surface area contributed by atoms with Crippen LogP contribution in [0.3, 0.4) is 0 Å². The summed E-state index contributed by atoms with van der Waals surface area (Å²) in [4.78, 5) is 33.6. The van der Waals surface area contributed by atoms with Crippen molar-refractivity contribution in [3.05, 3.63) is 35.9 Å². The summed E-state index contributed by atoms with van der Waals surface area (Å²) in [7, 11) is 0. The second-order valence-corrected chi connectivity index (χ2v) is 4.93. The highest BCUT2D eigenvalue weighted by Crippen LogP contribution is 2.11. The van der Waals surface area contributed by atoms with Gasteiger partial charge in [0.25, 0.3) is 0 Å². The molecule has 0 spiro atoms. The molecule has 114 valence electrons. The number of aliphatic carboxylic acids is 2. The van der Waals surface area contributed by atoms with Gasteiger partial charge in [0, 0.05) is 5.75 Å². The highest BCUT2D eigenvalue weighted by Gasteiger charge is 2.26. The molecule has 21 heavy (non-hydrogen) atoms. The normalized spacial score (nSPS) is 13.2. The molecular weight excluding hydrogens is 294 g/mol. The Morgan fingerprint density at radius 2 is 1.76 bits per heavy atom. The fraction of sp³-hybridized carbons (Fsp3) is 0.357. The van der Waals surface area contributed by atoms with E-state index in [9.17, 15) is 14.4 Å². The van der Waals surface area contributed by atoms with Crippen LogP contribution in [0.2, 0.25) is 0 Å². The lowest BCUT2D eigenvalue weighted by atomic mass is 9.99. The molecule has 0 bridgehead atoms. The van der Waals surface area contributed by atoms with Gasteiger partial charge in [0.2, 0.25) is 5.91 Å². The van der Waals surface area contributed by atoms with E-state index < -0.39 is 36.2 Å². The fourth-order valence-corrected chi connectivity index (χ4v) is 2.10. The van der Waals surface area contributed by atoms with Crippen LogP contribution in [0.5, 0.6) is 0 Å². The van der Waals surface area contributed by atoms with Crippen LogP contribution >= 0.6 is 12.6 Å². The first-order valence-electron chi connectivity index (χ1n) is 6.33. The molecule has 3 N–H and O–H groups in total.